The highest BCUT2D eigenvalue weighted by Crippen LogP contribution is 2.29. The minimum Gasteiger partial charge on any atom is -0.459 e. The molecule has 0 aliphatic carbocycles. The second kappa shape index (κ2) is 7.30. The Bertz CT molecular complexity index is 872. The lowest BCUT2D eigenvalue weighted by molar-refractivity contribution is -0.126. The lowest BCUT2D eigenvalue weighted by Crippen LogP contribution is -2.49. The molecule has 2 unspecified atom stereocenters. The molecule has 0 saturated carbocycles. The van der Waals surface area contributed by atoms with E-state index >= 15 is 0 Å². The number of aryl methyl sites for hydroxylation is 1. The first-order valence-electron chi connectivity index (χ1n) is 8.04. The van der Waals surface area contributed by atoms with E-state index in [1.807, 2.05) is 68.4 Å². The van der Waals surface area contributed by atoms with Crippen molar-refractivity contribution < 1.29 is 9.21 Å². The van der Waals surface area contributed by atoms with Gasteiger partial charge in [0.25, 0.3) is 0 Å². The third-order valence-corrected chi connectivity index (χ3v) is 4.47. The summed E-state index contributed by atoms with van der Waals surface area (Å²) in [5.41, 5.74) is 7.81. The Balaban J connectivity index is 0.00000225. The molecule has 0 spiro atoms. The molecule has 0 radical (unpaired) electrons. The molecule has 3 N–H and O–H groups in total. The van der Waals surface area contributed by atoms with Gasteiger partial charge >= 0.3 is 0 Å². The Morgan fingerprint density at radius 2 is 1.72 bits per heavy atom. The predicted molar refractivity (Wildman–Crippen MR) is 103 cm³/mol. The van der Waals surface area contributed by atoms with Crippen LogP contribution in [0.25, 0.3) is 11.0 Å². The topological polar surface area (TPSA) is 68.3 Å². The van der Waals surface area contributed by atoms with Crippen molar-refractivity contribution in [3.05, 3.63) is 71.5 Å². The van der Waals surface area contributed by atoms with Crippen LogP contribution in [0, 0.1) is 6.92 Å². The van der Waals surface area contributed by atoms with Crippen LogP contribution < -0.4 is 11.1 Å². The zero-order chi connectivity index (χ0) is 17.3. The Morgan fingerprint density at radius 3 is 2.36 bits per heavy atom. The molecule has 25 heavy (non-hydrogen) atoms. The van der Waals surface area contributed by atoms with Crippen molar-refractivity contribution in [3.63, 3.8) is 0 Å². The summed E-state index contributed by atoms with van der Waals surface area (Å²) < 4.78 is 5.92. The number of rotatable bonds is 4. The smallest absolute Gasteiger partial charge is 0.244 e. The first kappa shape index (κ1) is 19.0. The van der Waals surface area contributed by atoms with Gasteiger partial charge in [-0.05, 0) is 32.4 Å². The number of amides is 1. The number of carbonyl (C=O) groups excluding carboxylic acids is 1. The number of benzene rings is 2. The molecule has 3 rings (SSSR count). The fourth-order valence-corrected chi connectivity index (χ4v) is 2.93. The fraction of sp³-hybridized carbons (Fsp3) is 0.250. The van der Waals surface area contributed by atoms with Crippen molar-refractivity contribution in [2.45, 2.75) is 32.4 Å². The summed E-state index contributed by atoms with van der Waals surface area (Å²) in [6, 6.07) is 17.0. The highest BCUT2D eigenvalue weighted by molar-refractivity contribution is 5.88. The maximum atomic E-state index is 12.7. The number of halogens is 1. The van der Waals surface area contributed by atoms with Crippen LogP contribution in [0.15, 0.2) is 59.0 Å². The molecule has 1 heterocycles. The van der Waals surface area contributed by atoms with E-state index in [-0.39, 0.29) is 24.4 Å². The average molecular weight is 359 g/mol. The highest BCUT2D eigenvalue weighted by Gasteiger charge is 2.32. The van der Waals surface area contributed by atoms with Gasteiger partial charge in [-0.25, -0.2) is 0 Å². The van der Waals surface area contributed by atoms with Gasteiger partial charge in [-0.1, -0.05) is 48.5 Å². The number of nitrogens with two attached hydrogens (primary N) is 1. The second-order valence-electron chi connectivity index (χ2n) is 6.35. The maximum absolute atomic E-state index is 12.7. The first-order chi connectivity index (χ1) is 11.4. The summed E-state index contributed by atoms with van der Waals surface area (Å²) >= 11 is 0. The van der Waals surface area contributed by atoms with Crippen molar-refractivity contribution in [1.82, 2.24) is 5.32 Å². The molecule has 0 bridgehead atoms. The van der Waals surface area contributed by atoms with Crippen LogP contribution in [-0.4, -0.2) is 5.91 Å². The Hall–Kier alpha value is -2.30. The summed E-state index contributed by atoms with van der Waals surface area (Å²) in [7, 11) is 0. The van der Waals surface area contributed by atoms with E-state index in [0.29, 0.717) is 0 Å². The van der Waals surface area contributed by atoms with Gasteiger partial charge in [-0.15, -0.1) is 12.4 Å². The Labute approximate surface area is 153 Å². The van der Waals surface area contributed by atoms with Crippen molar-refractivity contribution in [1.29, 1.82) is 0 Å². The molecule has 0 aliphatic rings. The molecule has 0 fully saturated rings. The van der Waals surface area contributed by atoms with Gasteiger partial charge in [-0.2, -0.15) is 0 Å². The van der Waals surface area contributed by atoms with Crippen LogP contribution in [0.5, 0.6) is 0 Å². The van der Waals surface area contributed by atoms with Gasteiger partial charge < -0.3 is 15.5 Å². The lowest BCUT2D eigenvalue weighted by atomic mass is 9.92. The standard InChI is InChI=1S/C20H22N2O2.ClH/c1-13-16-11-7-8-12-17(16)24-18(13)14(2)22-19(23)20(3,21)15-9-5-4-6-10-15;/h4-12,14H,21H2,1-3H3,(H,22,23);1H. The van der Waals surface area contributed by atoms with Crippen molar-refractivity contribution in [3.8, 4) is 0 Å². The summed E-state index contributed by atoms with van der Waals surface area (Å²) in [6.07, 6.45) is 0. The molecular weight excluding hydrogens is 336 g/mol. The molecule has 1 aromatic heterocycles. The van der Waals surface area contributed by atoms with Gasteiger partial charge in [-0.3, -0.25) is 4.79 Å². The zero-order valence-electron chi connectivity index (χ0n) is 14.6. The average Bonchev–Trinajstić information content (AvgIpc) is 2.93. The summed E-state index contributed by atoms with van der Waals surface area (Å²) in [4.78, 5) is 12.7. The quantitative estimate of drug-likeness (QED) is 0.733. The number of hydrogen-bond donors (Lipinski definition) is 2. The fourth-order valence-electron chi connectivity index (χ4n) is 2.93. The molecule has 0 saturated heterocycles. The summed E-state index contributed by atoms with van der Waals surface area (Å²) in [5.74, 6) is 0.523. The van der Waals surface area contributed by atoms with Crippen LogP contribution >= 0.6 is 12.4 Å². The molecule has 1 amide bonds. The van der Waals surface area contributed by atoms with Gasteiger partial charge in [0.1, 0.15) is 16.9 Å². The van der Waals surface area contributed by atoms with E-state index < -0.39 is 5.54 Å². The number of furan rings is 1. The monoisotopic (exact) mass is 358 g/mol. The number of nitrogens with one attached hydrogen (secondary N) is 1. The van der Waals surface area contributed by atoms with Crippen molar-refractivity contribution in [2.24, 2.45) is 5.73 Å². The third-order valence-electron chi connectivity index (χ3n) is 4.47. The first-order valence-corrected chi connectivity index (χ1v) is 8.04. The second-order valence-corrected chi connectivity index (χ2v) is 6.35. The minimum absolute atomic E-state index is 0. The Morgan fingerprint density at radius 1 is 1.12 bits per heavy atom. The van der Waals surface area contributed by atoms with E-state index in [9.17, 15) is 4.79 Å². The minimum atomic E-state index is -1.10. The molecular formula is C20H23ClN2O2. The molecule has 0 aliphatic heterocycles. The molecule has 132 valence electrons. The van der Waals surface area contributed by atoms with E-state index in [2.05, 4.69) is 5.32 Å². The number of carbonyl (C=O) groups is 1. The van der Waals surface area contributed by atoms with Crippen LogP contribution in [-0.2, 0) is 10.3 Å². The zero-order valence-corrected chi connectivity index (χ0v) is 15.4. The predicted octanol–water partition coefficient (Wildman–Crippen LogP) is 4.21. The summed E-state index contributed by atoms with van der Waals surface area (Å²) in [5, 5.41) is 4.04. The van der Waals surface area contributed by atoms with Crippen molar-refractivity contribution in [2.75, 3.05) is 0 Å². The van der Waals surface area contributed by atoms with Gasteiger partial charge in [0.2, 0.25) is 5.91 Å². The lowest BCUT2D eigenvalue weighted by Gasteiger charge is -2.26. The Kier molecular flexibility index (Phi) is 5.55. The van der Waals surface area contributed by atoms with Crippen LogP contribution in [0.1, 0.15) is 36.8 Å². The highest BCUT2D eigenvalue weighted by atomic mass is 35.5. The van der Waals surface area contributed by atoms with E-state index in [0.717, 1.165) is 27.9 Å². The molecule has 2 atom stereocenters. The molecule has 5 heteroatoms. The molecule has 3 aromatic rings. The summed E-state index contributed by atoms with van der Waals surface area (Å²) in [6.45, 7) is 5.63. The van der Waals surface area contributed by atoms with Crippen molar-refractivity contribution >= 4 is 29.3 Å². The maximum Gasteiger partial charge on any atom is 0.244 e. The number of fused-ring (bicyclic) bond motifs is 1. The van der Waals surface area contributed by atoms with Crippen LogP contribution in [0.2, 0.25) is 0 Å². The van der Waals surface area contributed by atoms with Crippen LogP contribution in [0.4, 0.5) is 0 Å². The van der Waals surface area contributed by atoms with Gasteiger partial charge in [0.05, 0.1) is 6.04 Å². The van der Waals surface area contributed by atoms with E-state index in [4.69, 9.17) is 10.2 Å². The van der Waals surface area contributed by atoms with E-state index in [1.54, 1.807) is 6.92 Å². The number of hydrogen-bond acceptors (Lipinski definition) is 3. The SMILES string of the molecule is Cc1c(C(C)NC(=O)C(C)(N)c2ccccc2)oc2ccccc12.Cl. The van der Waals surface area contributed by atoms with Gasteiger partial charge in [0.15, 0.2) is 0 Å². The van der Waals surface area contributed by atoms with Gasteiger partial charge in [0, 0.05) is 10.9 Å². The molecule has 2 aromatic carbocycles. The third kappa shape index (κ3) is 3.55. The van der Waals surface area contributed by atoms with E-state index in [1.165, 1.54) is 0 Å². The largest absolute Gasteiger partial charge is 0.459 e. The normalized spacial score (nSPS) is 14.4. The molecule has 4 nitrogen and oxygen atoms in total. The number of para-hydroxylation sites is 1. The van der Waals surface area contributed by atoms with Crippen LogP contribution in [0.3, 0.4) is 0 Å².